The molecule has 66 heavy (non-hydrogen) atoms. The molecule has 0 radical (unpaired) electrons. The minimum Gasteiger partial charge on any atom is -0.462 e. The number of esters is 3. The Balaban J connectivity index is 4.36. The maximum absolute atomic E-state index is 12.8. The molecule has 0 amide bonds. The monoisotopic (exact) mass is 921 g/mol. The van der Waals surface area contributed by atoms with Gasteiger partial charge in [-0.15, -0.1) is 0 Å². The summed E-state index contributed by atoms with van der Waals surface area (Å²) in [6.45, 7) is 6.49. The van der Waals surface area contributed by atoms with Gasteiger partial charge < -0.3 is 14.2 Å². The highest BCUT2D eigenvalue weighted by Crippen LogP contribution is 2.15. The van der Waals surface area contributed by atoms with E-state index in [2.05, 4.69) is 93.7 Å². The van der Waals surface area contributed by atoms with E-state index in [9.17, 15) is 14.4 Å². The first-order chi connectivity index (χ1) is 32.5. The van der Waals surface area contributed by atoms with Gasteiger partial charge in [0.05, 0.1) is 0 Å². The van der Waals surface area contributed by atoms with Crippen LogP contribution in [-0.2, 0) is 28.6 Å². The van der Waals surface area contributed by atoms with Crippen molar-refractivity contribution in [2.75, 3.05) is 13.2 Å². The second-order valence-corrected chi connectivity index (χ2v) is 18.5. The van der Waals surface area contributed by atoms with E-state index in [-0.39, 0.29) is 31.1 Å². The van der Waals surface area contributed by atoms with Crippen molar-refractivity contribution in [1.29, 1.82) is 0 Å². The van der Waals surface area contributed by atoms with Crippen molar-refractivity contribution in [3.8, 4) is 0 Å². The Hall–Kier alpha value is -3.15. The first kappa shape index (κ1) is 62.8. The number of allylic oxidation sites excluding steroid dienone is 12. The van der Waals surface area contributed by atoms with E-state index in [4.69, 9.17) is 14.2 Å². The summed E-state index contributed by atoms with van der Waals surface area (Å²) >= 11 is 0. The molecule has 0 saturated carbocycles. The summed E-state index contributed by atoms with van der Waals surface area (Å²) in [5.74, 6) is -0.897. The molecule has 0 saturated heterocycles. The largest absolute Gasteiger partial charge is 0.462 e. The molecule has 0 rings (SSSR count). The lowest BCUT2D eigenvalue weighted by atomic mass is 10.0. The van der Waals surface area contributed by atoms with Gasteiger partial charge >= 0.3 is 17.9 Å². The maximum atomic E-state index is 12.8. The van der Waals surface area contributed by atoms with Crippen molar-refractivity contribution < 1.29 is 28.6 Å². The zero-order valence-electron chi connectivity index (χ0n) is 43.4. The molecular weight excluding hydrogens is 817 g/mol. The molecule has 1 unspecified atom stereocenters. The number of carbonyl (C=O) groups is 3. The van der Waals surface area contributed by atoms with Crippen LogP contribution in [0.15, 0.2) is 72.9 Å². The topological polar surface area (TPSA) is 78.9 Å². The van der Waals surface area contributed by atoms with Crippen molar-refractivity contribution >= 4 is 17.9 Å². The van der Waals surface area contributed by atoms with E-state index < -0.39 is 6.10 Å². The second-order valence-electron chi connectivity index (χ2n) is 18.5. The highest BCUT2D eigenvalue weighted by atomic mass is 16.6. The summed E-state index contributed by atoms with van der Waals surface area (Å²) in [4.78, 5) is 38.1. The molecule has 0 aromatic carbocycles. The van der Waals surface area contributed by atoms with Gasteiger partial charge in [-0.1, -0.05) is 235 Å². The Labute approximate surface area is 408 Å². The van der Waals surface area contributed by atoms with Crippen molar-refractivity contribution in [1.82, 2.24) is 0 Å². The quantitative estimate of drug-likeness (QED) is 0.0262. The van der Waals surface area contributed by atoms with Gasteiger partial charge in [0.25, 0.3) is 0 Å². The Morgan fingerprint density at radius 3 is 0.955 bits per heavy atom. The maximum Gasteiger partial charge on any atom is 0.306 e. The van der Waals surface area contributed by atoms with Crippen LogP contribution in [0, 0.1) is 0 Å². The molecule has 1 atom stereocenters. The average Bonchev–Trinajstić information content (AvgIpc) is 3.31. The lowest BCUT2D eigenvalue weighted by molar-refractivity contribution is -0.167. The van der Waals surface area contributed by atoms with Crippen molar-refractivity contribution in [2.24, 2.45) is 0 Å². The highest BCUT2D eigenvalue weighted by molar-refractivity contribution is 5.71. The fourth-order valence-electron chi connectivity index (χ4n) is 7.76. The molecule has 0 heterocycles. The zero-order valence-corrected chi connectivity index (χ0v) is 43.4. The summed E-state index contributed by atoms with van der Waals surface area (Å²) in [6.07, 6.45) is 68.8. The van der Waals surface area contributed by atoms with Crippen LogP contribution in [0.3, 0.4) is 0 Å². The van der Waals surface area contributed by atoms with Gasteiger partial charge in [0.1, 0.15) is 13.2 Å². The van der Waals surface area contributed by atoms with Crippen LogP contribution in [0.5, 0.6) is 0 Å². The van der Waals surface area contributed by atoms with Crippen LogP contribution >= 0.6 is 0 Å². The molecule has 0 fully saturated rings. The van der Waals surface area contributed by atoms with Crippen LogP contribution < -0.4 is 0 Å². The molecule has 0 aliphatic rings. The first-order valence-corrected chi connectivity index (χ1v) is 27.9. The smallest absolute Gasteiger partial charge is 0.306 e. The molecule has 0 N–H and O–H groups in total. The fourth-order valence-corrected chi connectivity index (χ4v) is 7.76. The van der Waals surface area contributed by atoms with E-state index in [1.54, 1.807) is 0 Å². The summed E-state index contributed by atoms with van der Waals surface area (Å²) in [7, 11) is 0. The Morgan fingerprint density at radius 2 is 0.591 bits per heavy atom. The summed E-state index contributed by atoms with van der Waals surface area (Å²) in [6, 6.07) is 0. The Kier molecular flexibility index (Phi) is 51.9. The van der Waals surface area contributed by atoms with Gasteiger partial charge in [-0.3, -0.25) is 14.4 Å². The van der Waals surface area contributed by atoms with Crippen LogP contribution in [0.4, 0.5) is 0 Å². The molecule has 0 bridgehead atoms. The van der Waals surface area contributed by atoms with Crippen LogP contribution in [0.1, 0.15) is 271 Å². The molecule has 6 nitrogen and oxygen atoms in total. The van der Waals surface area contributed by atoms with Gasteiger partial charge in [-0.25, -0.2) is 0 Å². The highest BCUT2D eigenvalue weighted by Gasteiger charge is 2.19. The summed E-state index contributed by atoms with van der Waals surface area (Å²) in [5, 5.41) is 0. The fraction of sp³-hybridized carbons (Fsp3) is 0.750. The third-order valence-electron chi connectivity index (χ3n) is 11.9. The lowest BCUT2D eigenvalue weighted by Crippen LogP contribution is -2.30. The van der Waals surface area contributed by atoms with Crippen molar-refractivity contribution in [3.05, 3.63) is 72.9 Å². The van der Waals surface area contributed by atoms with Gasteiger partial charge in [-0.2, -0.15) is 0 Å². The van der Waals surface area contributed by atoms with Gasteiger partial charge in [0, 0.05) is 19.3 Å². The lowest BCUT2D eigenvalue weighted by Gasteiger charge is -2.18. The number of ether oxygens (including phenoxy) is 3. The van der Waals surface area contributed by atoms with Crippen molar-refractivity contribution in [3.63, 3.8) is 0 Å². The summed E-state index contributed by atoms with van der Waals surface area (Å²) in [5.41, 5.74) is 0. The van der Waals surface area contributed by atoms with Crippen LogP contribution in [0.25, 0.3) is 0 Å². The second kappa shape index (κ2) is 54.5. The molecular formula is C60H104O6. The van der Waals surface area contributed by atoms with E-state index in [0.717, 1.165) is 116 Å². The van der Waals surface area contributed by atoms with Gasteiger partial charge in [-0.05, 0) is 89.9 Å². The van der Waals surface area contributed by atoms with E-state index in [0.29, 0.717) is 19.3 Å². The van der Waals surface area contributed by atoms with E-state index in [1.165, 1.54) is 116 Å². The molecule has 0 aliphatic carbocycles. The molecule has 0 aromatic heterocycles. The third-order valence-corrected chi connectivity index (χ3v) is 11.9. The molecule has 0 aliphatic heterocycles. The average molecular weight is 921 g/mol. The molecule has 0 spiro atoms. The molecule has 6 heteroatoms. The number of carbonyl (C=O) groups excluding carboxylic acids is 3. The zero-order chi connectivity index (χ0) is 47.9. The van der Waals surface area contributed by atoms with Gasteiger partial charge in [0.2, 0.25) is 0 Å². The number of hydrogen-bond acceptors (Lipinski definition) is 6. The minimum atomic E-state index is -0.784. The van der Waals surface area contributed by atoms with E-state index >= 15 is 0 Å². The normalized spacial score (nSPS) is 12.6. The Morgan fingerprint density at radius 1 is 0.318 bits per heavy atom. The minimum absolute atomic E-state index is 0.0816. The number of hydrogen-bond donors (Lipinski definition) is 0. The predicted octanol–water partition coefficient (Wildman–Crippen LogP) is 18.6. The van der Waals surface area contributed by atoms with Crippen molar-refractivity contribution in [2.45, 2.75) is 277 Å². The van der Waals surface area contributed by atoms with Crippen LogP contribution in [-0.4, -0.2) is 37.2 Å². The Bertz CT molecular complexity index is 1240. The van der Waals surface area contributed by atoms with Crippen LogP contribution in [0.2, 0.25) is 0 Å². The SMILES string of the molecule is CC/C=C\C/C=C\C/C=C\C/C=C\CCCCCCCCCCC(=O)OCC(COC(=O)CCCCCCCCCCCCCC)OC(=O)CCCCCCC/C=C\C/C=C\CCCCC. The van der Waals surface area contributed by atoms with E-state index in [1.807, 2.05) is 0 Å². The molecule has 0 aromatic rings. The predicted molar refractivity (Wildman–Crippen MR) is 284 cm³/mol. The summed E-state index contributed by atoms with van der Waals surface area (Å²) < 4.78 is 16.8. The number of unbranched alkanes of at least 4 members (excludes halogenated alkanes) is 27. The standard InChI is InChI=1S/C60H104O6/c1-4-7-10-13-16-19-22-25-27-28-29-30-31-32-34-35-38-41-44-47-50-53-59(62)65-56-57(55-64-58(61)52-49-46-43-40-37-24-21-18-15-12-9-6-3)66-60(63)54-51-48-45-42-39-36-33-26-23-20-17-14-11-8-5-2/h7,10,16-17,19-20,25-27,29-30,33,57H,4-6,8-9,11-15,18,21-24,28,31-32,34-56H2,1-3H3/b10-7-,19-16-,20-17-,27-25-,30-29-,33-26-. The van der Waals surface area contributed by atoms with Gasteiger partial charge in [0.15, 0.2) is 6.10 Å². The first-order valence-electron chi connectivity index (χ1n) is 27.9. The third kappa shape index (κ3) is 51.8. The number of rotatable bonds is 50. The molecule has 380 valence electrons.